The van der Waals surface area contributed by atoms with Crippen molar-refractivity contribution in [3.63, 3.8) is 0 Å². The van der Waals surface area contributed by atoms with Crippen molar-refractivity contribution in [3.8, 4) is 0 Å². The van der Waals surface area contributed by atoms with Crippen LogP contribution in [0.4, 0.5) is 4.79 Å². The number of carbonyl (C=O) groups excluding carboxylic acids is 2. The summed E-state index contributed by atoms with van der Waals surface area (Å²) in [5.74, 6) is 0.0223. The Labute approximate surface area is 71.7 Å². The topological polar surface area (TPSA) is 84.2 Å². The molecule has 0 heterocycles. The molecular formula is C7H15N3O2. The van der Waals surface area contributed by atoms with Gasteiger partial charge in [0.2, 0.25) is 5.91 Å². The molecule has 12 heavy (non-hydrogen) atoms. The third-order valence-electron chi connectivity index (χ3n) is 1.30. The fourth-order valence-electron chi connectivity index (χ4n) is 0.653. The van der Waals surface area contributed by atoms with Crippen LogP contribution in [0, 0.1) is 0 Å². The summed E-state index contributed by atoms with van der Waals surface area (Å²) in [5, 5.41) is 5.10. The third-order valence-corrected chi connectivity index (χ3v) is 1.30. The van der Waals surface area contributed by atoms with Gasteiger partial charge in [0.1, 0.15) is 0 Å². The van der Waals surface area contributed by atoms with Crippen molar-refractivity contribution in [2.75, 3.05) is 13.1 Å². The molecule has 3 amide bonds. The third kappa shape index (κ3) is 6.85. The maximum absolute atomic E-state index is 10.7. The molecule has 0 aliphatic rings. The SMILES string of the molecule is CCC(=O)NCCCNC(N)=O. The molecule has 0 unspecified atom stereocenters. The van der Waals surface area contributed by atoms with Crippen LogP contribution in [0.25, 0.3) is 0 Å². The summed E-state index contributed by atoms with van der Waals surface area (Å²) in [6.07, 6.45) is 1.19. The Balaban J connectivity index is 3.11. The predicted molar refractivity (Wildman–Crippen MR) is 45.5 cm³/mol. The van der Waals surface area contributed by atoms with Crippen LogP contribution in [-0.2, 0) is 4.79 Å². The van der Waals surface area contributed by atoms with E-state index in [1.165, 1.54) is 0 Å². The highest BCUT2D eigenvalue weighted by atomic mass is 16.2. The zero-order valence-corrected chi connectivity index (χ0v) is 7.22. The van der Waals surface area contributed by atoms with E-state index in [2.05, 4.69) is 10.6 Å². The lowest BCUT2D eigenvalue weighted by atomic mass is 10.4. The Morgan fingerprint density at radius 3 is 2.33 bits per heavy atom. The van der Waals surface area contributed by atoms with Crippen molar-refractivity contribution in [2.45, 2.75) is 19.8 Å². The number of nitrogens with two attached hydrogens (primary N) is 1. The van der Waals surface area contributed by atoms with Gasteiger partial charge in [-0.1, -0.05) is 6.92 Å². The highest BCUT2D eigenvalue weighted by molar-refractivity contribution is 5.75. The van der Waals surface area contributed by atoms with Crippen LogP contribution in [0.3, 0.4) is 0 Å². The molecule has 0 rings (SSSR count). The van der Waals surface area contributed by atoms with Crippen molar-refractivity contribution in [3.05, 3.63) is 0 Å². The Morgan fingerprint density at radius 2 is 1.83 bits per heavy atom. The van der Waals surface area contributed by atoms with Gasteiger partial charge < -0.3 is 16.4 Å². The molecule has 0 aromatic carbocycles. The lowest BCUT2D eigenvalue weighted by Gasteiger charge is -2.03. The quantitative estimate of drug-likeness (QED) is 0.493. The van der Waals surface area contributed by atoms with Gasteiger partial charge in [-0.2, -0.15) is 0 Å². The van der Waals surface area contributed by atoms with Crippen molar-refractivity contribution >= 4 is 11.9 Å². The number of carbonyl (C=O) groups is 2. The van der Waals surface area contributed by atoms with E-state index in [4.69, 9.17) is 5.73 Å². The lowest BCUT2D eigenvalue weighted by Crippen LogP contribution is -2.32. The van der Waals surface area contributed by atoms with Crippen LogP contribution in [0.2, 0.25) is 0 Å². The van der Waals surface area contributed by atoms with E-state index in [1.807, 2.05) is 0 Å². The first-order chi connectivity index (χ1) is 5.66. The summed E-state index contributed by atoms with van der Waals surface area (Å²) < 4.78 is 0. The minimum absolute atomic E-state index is 0.0223. The van der Waals surface area contributed by atoms with Gasteiger partial charge in [0, 0.05) is 19.5 Å². The van der Waals surface area contributed by atoms with E-state index in [1.54, 1.807) is 6.92 Å². The molecule has 0 bridgehead atoms. The number of rotatable bonds is 5. The van der Waals surface area contributed by atoms with E-state index in [9.17, 15) is 9.59 Å². The molecule has 5 nitrogen and oxygen atoms in total. The molecule has 4 N–H and O–H groups in total. The van der Waals surface area contributed by atoms with Gasteiger partial charge in [-0.3, -0.25) is 4.79 Å². The average Bonchev–Trinajstić information content (AvgIpc) is 2.03. The van der Waals surface area contributed by atoms with Crippen LogP contribution in [0.15, 0.2) is 0 Å². The van der Waals surface area contributed by atoms with Gasteiger partial charge in [0.05, 0.1) is 0 Å². The van der Waals surface area contributed by atoms with Crippen LogP contribution < -0.4 is 16.4 Å². The van der Waals surface area contributed by atoms with E-state index in [-0.39, 0.29) is 5.91 Å². The smallest absolute Gasteiger partial charge is 0.312 e. The Morgan fingerprint density at radius 1 is 1.25 bits per heavy atom. The zero-order chi connectivity index (χ0) is 9.40. The molecule has 0 aliphatic heterocycles. The number of primary amides is 1. The minimum atomic E-state index is -0.531. The van der Waals surface area contributed by atoms with Crippen molar-refractivity contribution < 1.29 is 9.59 Å². The van der Waals surface area contributed by atoms with Crippen LogP contribution >= 0.6 is 0 Å². The van der Waals surface area contributed by atoms with Gasteiger partial charge in [0.25, 0.3) is 0 Å². The molecule has 0 fully saturated rings. The summed E-state index contributed by atoms with van der Waals surface area (Å²) in [7, 11) is 0. The minimum Gasteiger partial charge on any atom is -0.356 e. The summed E-state index contributed by atoms with van der Waals surface area (Å²) in [6, 6.07) is -0.531. The molecule has 0 atom stereocenters. The first kappa shape index (κ1) is 10.7. The maximum atomic E-state index is 10.7. The van der Waals surface area contributed by atoms with Crippen molar-refractivity contribution in [1.82, 2.24) is 10.6 Å². The molecule has 0 radical (unpaired) electrons. The number of hydrogen-bond donors (Lipinski definition) is 3. The zero-order valence-electron chi connectivity index (χ0n) is 7.22. The number of hydrogen-bond acceptors (Lipinski definition) is 2. The van der Waals surface area contributed by atoms with E-state index in [0.29, 0.717) is 25.9 Å². The van der Waals surface area contributed by atoms with Gasteiger partial charge in [-0.15, -0.1) is 0 Å². The van der Waals surface area contributed by atoms with Crippen LogP contribution in [0.1, 0.15) is 19.8 Å². The summed E-state index contributed by atoms with van der Waals surface area (Å²) in [4.78, 5) is 20.9. The van der Waals surface area contributed by atoms with Crippen molar-refractivity contribution in [1.29, 1.82) is 0 Å². The molecule has 70 valence electrons. The Kier molecular flexibility index (Phi) is 5.77. The maximum Gasteiger partial charge on any atom is 0.312 e. The molecule has 0 aromatic heterocycles. The lowest BCUT2D eigenvalue weighted by molar-refractivity contribution is -0.120. The molecule has 5 heteroatoms. The highest BCUT2D eigenvalue weighted by Crippen LogP contribution is 1.77. The standard InChI is InChI=1S/C7H15N3O2/c1-2-6(11)9-4-3-5-10-7(8)12/h2-5H2,1H3,(H,9,11)(H3,8,10,12). The molecule has 0 aromatic rings. The highest BCUT2D eigenvalue weighted by Gasteiger charge is 1.95. The second-order valence-electron chi connectivity index (χ2n) is 2.35. The number of amides is 3. The molecule has 0 spiro atoms. The van der Waals surface area contributed by atoms with E-state index in [0.717, 1.165) is 0 Å². The number of nitrogens with one attached hydrogen (secondary N) is 2. The van der Waals surface area contributed by atoms with E-state index >= 15 is 0 Å². The first-order valence-electron chi connectivity index (χ1n) is 3.96. The Hall–Kier alpha value is -1.26. The second-order valence-corrected chi connectivity index (χ2v) is 2.35. The van der Waals surface area contributed by atoms with Gasteiger partial charge in [-0.05, 0) is 6.42 Å². The summed E-state index contributed by atoms with van der Waals surface area (Å²) >= 11 is 0. The van der Waals surface area contributed by atoms with Crippen LogP contribution in [0.5, 0.6) is 0 Å². The summed E-state index contributed by atoms with van der Waals surface area (Å²) in [5.41, 5.74) is 4.82. The number of urea groups is 1. The molecule has 0 aliphatic carbocycles. The predicted octanol–water partition coefficient (Wildman–Crippen LogP) is -0.429. The van der Waals surface area contributed by atoms with Crippen molar-refractivity contribution in [2.24, 2.45) is 5.73 Å². The first-order valence-corrected chi connectivity index (χ1v) is 3.96. The normalized spacial score (nSPS) is 9.08. The largest absolute Gasteiger partial charge is 0.356 e. The van der Waals surface area contributed by atoms with Gasteiger partial charge >= 0.3 is 6.03 Å². The van der Waals surface area contributed by atoms with Crippen LogP contribution in [-0.4, -0.2) is 25.0 Å². The second kappa shape index (κ2) is 6.45. The average molecular weight is 173 g/mol. The fraction of sp³-hybridized carbons (Fsp3) is 0.714. The fourth-order valence-corrected chi connectivity index (χ4v) is 0.653. The van der Waals surface area contributed by atoms with Gasteiger partial charge in [-0.25, -0.2) is 4.79 Å². The monoisotopic (exact) mass is 173 g/mol. The van der Waals surface area contributed by atoms with E-state index < -0.39 is 6.03 Å². The Bertz CT molecular complexity index is 159. The molecular weight excluding hydrogens is 158 g/mol. The molecule has 0 saturated carbocycles. The van der Waals surface area contributed by atoms with Gasteiger partial charge in [0.15, 0.2) is 0 Å². The molecule has 0 saturated heterocycles. The summed E-state index contributed by atoms with van der Waals surface area (Å²) in [6.45, 7) is 2.86.